The average Bonchev–Trinajstić information content (AvgIpc) is 2.92. The van der Waals surface area contributed by atoms with E-state index < -0.39 is 0 Å². The summed E-state index contributed by atoms with van der Waals surface area (Å²) < 4.78 is 5.47. The standard InChI is InChI=1S/C19H27N5O2/c1-14(2)12-23-9-4-10-24(13-17(23)19-21-15(3)22-26-19)18(25)11-16-5-7-20-8-6-16/h5-8,14,17H,4,9-13H2,1-3H3. The molecule has 0 N–H and O–H groups in total. The van der Waals surface area contributed by atoms with Crippen molar-refractivity contribution in [3.05, 3.63) is 41.8 Å². The molecule has 0 saturated carbocycles. The number of hydrogen-bond acceptors (Lipinski definition) is 6. The molecule has 0 aliphatic carbocycles. The highest BCUT2D eigenvalue weighted by molar-refractivity contribution is 5.78. The van der Waals surface area contributed by atoms with Crippen molar-refractivity contribution in [1.82, 2.24) is 24.9 Å². The van der Waals surface area contributed by atoms with E-state index in [4.69, 9.17) is 4.52 Å². The Kier molecular flexibility index (Phi) is 5.98. The largest absolute Gasteiger partial charge is 0.340 e. The minimum absolute atomic E-state index is 0.0532. The van der Waals surface area contributed by atoms with Crippen molar-refractivity contribution in [2.24, 2.45) is 5.92 Å². The molecule has 1 fully saturated rings. The normalized spacial score (nSPS) is 18.9. The third-order valence-electron chi connectivity index (χ3n) is 4.59. The Hall–Kier alpha value is -2.28. The van der Waals surface area contributed by atoms with Crippen LogP contribution in [0.15, 0.2) is 29.0 Å². The fourth-order valence-corrected chi connectivity index (χ4v) is 3.42. The molecule has 2 aromatic heterocycles. The van der Waals surface area contributed by atoms with Crippen LogP contribution in [-0.4, -0.2) is 57.0 Å². The minimum Gasteiger partial charge on any atom is -0.340 e. The number of aryl methyl sites for hydroxylation is 1. The molecular weight excluding hydrogens is 330 g/mol. The van der Waals surface area contributed by atoms with Crippen LogP contribution in [0.5, 0.6) is 0 Å². The monoisotopic (exact) mass is 357 g/mol. The van der Waals surface area contributed by atoms with Crippen LogP contribution in [0.3, 0.4) is 0 Å². The molecular formula is C19H27N5O2. The molecule has 0 aromatic carbocycles. The average molecular weight is 357 g/mol. The van der Waals surface area contributed by atoms with Gasteiger partial charge in [0.15, 0.2) is 5.82 Å². The van der Waals surface area contributed by atoms with Crippen molar-refractivity contribution in [3.8, 4) is 0 Å². The zero-order valence-electron chi connectivity index (χ0n) is 15.8. The molecule has 140 valence electrons. The molecule has 3 heterocycles. The van der Waals surface area contributed by atoms with Gasteiger partial charge in [0, 0.05) is 38.6 Å². The first-order valence-corrected chi connectivity index (χ1v) is 9.24. The molecule has 1 aliphatic heterocycles. The van der Waals surface area contributed by atoms with Gasteiger partial charge in [-0.05, 0) is 37.0 Å². The summed E-state index contributed by atoms with van der Waals surface area (Å²) in [5, 5.41) is 3.95. The van der Waals surface area contributed by atoms with Gasteiger partial charge in [-0.15, -0.1) is 0 Å². The van der Waals surface area contributed by atoms with E-state index in [0.29, 0.717) is 30.6 Å². The summed E-state index contributed by atoms with van der Waals surface area (Å²) in [6, 6.07) is 3.72. The molecule has 1 aliphatic rings. The third-order valence-corrected chi connectivity index (χ3v) is 4.59. The third kappa shape index (κ3) is 4.66. The number of pyridine rings is 1. The molecule has 0 spiro atoms. The van der Waals surface area contributed by atoms with Gasteiger partial charge in [-0.2, -0.15) is 4.98 Å². The van der Waals surface area contributed by atoms with E-state index in [0.717, 1.165) is 31.6 Å². The fourth-order valence-electron chi connectivity index (χ4n) is 3.42. The van der Waals surface area contributed by atoms with Crippen LogP contribution in [0.4, 0.5) is 0 Å². The van der Waals surface area contributed by atoms with Gasteiger partial charge in [0.1, 0.15) is 6.04 Å². The van der Waals surface area contributed by atoms with Crippen molar-refractivity contribution in [3.63, 3.8) is 0 Å². The predicted octanol–water partition coefficient (Wildman–Crippen LogP) is 2.25. The SMILES string of the molecule is Cc1noc(C2CN(C(=O)Cc3ccncc3)CCCN2CC(C)C)n1. The van der Waals surface area contributed by atoms with Gasteiger partial charge in [0.05, 0.1) is 6.42 Å². The number of hydrogen-bond donors (Lipinski definition) is 0. The predicted molar refractivity (Wildman–Crippen MR) is 97.3 cm³/mol. The Morgan fingerprint density at radius 1 is 1.31 bits per heavy atom. The van der Waals surface area contributed by atoms with Gasteiger partial charge < -0.3 is 9.42 Å². The fraction of sp³-hybridized carbons (Fsp3) is 0.579. The molecule has 1 atom stereocenters. The van der Waals surface area contributed by atoms with Crippen molar-refractivity contribution in [2.45, 2.75) is 39.7 Å². The quantitative estimate of drug-likeness (QED) is 0.817. The van der Waals surface area contributed by atoms with Crippen molar-refractivity contribution < 1.29 is 9.32 Å². The summed E-state index contributed by atoms with van der Waals surface area (Å²) in [6.45, 7) is 9.42. The maximum absolute atomic E-state index is 12.9. The maximum atomic E-state index is 12.9. The number of rotatable bonds is 5. The molecule has 1 unspecified atom stereocenters. The van der Waals surface area contributed by atoms with Crippen LogP contribution < -0.4 is 0 Å². The molecule has 7 heteroatoms. The number of carbonyl (C=O) groups is 1. The summed E-state index contributed by atoms with van der Waals surface area (Å²) in [6.07, 6.45) is 4.78. The first-order valence-electron chi connectivity index (χ1n) is 9.24. The van der Waals surface area contributed by atoms with Crippen LogP contribution in [-0.2, 0) is 11.2 Å². The number of aromatic nitrogens is 3. The highest BCUT2D eigenvalue weighted by Gasteiger charge is 2.32. The second kappa shape index (κ2) is 8.40. The van der Waals surface area contributed by atoms with Crippen LogP contribution in [0, 0.1) is 12.8 Å². The Bertz CT molecular complexity index is 716. The lowest BCUT2D eigenvalue weighted by Gasteiger charge is -2.30. The zero-order valence-corrected chi connectivity index (χ0v) is 15.8. The summed E-state index contributed by atoms with van der Waals surface area (Å²) >= 11 is 0. The first kappa shape index (κ1) is 18.5. The van der Waals surface area contributed by atoms with Crippen molar-refractivity contribution >= 4 is 5.91 Å². The molecule has 1 saturated heterocycles. The van der Waals surface area contributed by atoms with E-state index in [1.165, 1.54) is 0 Å². The second-order valence-corrected chi connectivity index (χ2v) is 7.31. The maximum Gasteiger partial charge on any atom is 0.245 e. The van der Waals surface area contributed by atoms with Gasteiger partial charge in [0.25, 0.3) is 0 Å². The Labute approximate surface area is 154 Å². The number of nitrogens with zero attached hydrogens (tertiary/aromatic N) is 5. The van der Waals surface area contributed by atoms with Crippen LogP contribution in [0.1, 0.15) is 43.6 Å². The summed E-state index contributed by atoms with van der Waals surface area (Å²) in [5.41, 5.74) is 0.985. The Balaban J connectivity index is 1.77. The lowest BCUT2D eigenvalue weighted by molar-refractivity contribution is -0.130. The first-order chi connectivity index (χ1) is 12.5. The van der Waals surface area contributed by atoms with Crippen LogP contribution >= 0.6 is 0 Å². The summed E-state index contributed by atoms with van der Waals surface area (Å²) in [4.78, 5) is 25.6. The Morgan fingerprint density at radius 2 is 2.08 bits per heavy atom. The lowest BCUT2D eigenvalue weighted by Crippen LogP contribution is -2.39. The molecule has 3 rings (SSSR count). The van der Waals surface area contributed by atoms with Gasteiger partial charge in [-0.25, -0.2) is 0 Å². The lowest BCUT2D eigenvalue weighted by atomic mass is 10.1. The second-order valence-electron chi connectivity index (χ2n) is 7.31. The molecule has 0 radical (unpaired) electrons. The van der Waals surface area contributed by atoms with Gasteiger partial charge in [-0.3, -0.25) is 14.7 Å². The molecule has 7 nitrogen and oxygen atoms in total. The van der Waals surface area contributed by atoms with E-state index in [2.05, 4.69) is 33.9 Å². The van der Waals surface area contributed by atoms with Gasteiger partial charge in [-0.1, -0.05) is 19.0 Å². The smallest absolute Gasteiger partial charge is 0.245 e. The minimum atomic E-state index is -0.0532. The number of amides is 1. The van der Waals surface area contributed by atoms with E-state index >= 15 is 0 Å². The highest BCUT2D eigenvalue weighted by Crippen LogP contribution is 2.25. The summed E-state index contributed by atoms with van der Waals surface area (Å²) in [7, 11) is 0. The van der Waals surface area contributed by atoms with E-state index in [1.807, 2.05) is 24.0 Å². The topological polar surface area (TPSA) is 75.4 Å². The summed E-state index contributed by atoms with van der Waals surface area (Å²) in [5.74, 6) is 1.89. The van der Waals surface area contributed by atoms with Crippen molar-refractivity contribution in [1.29, 1.82) is 0 Å². The van der Waals surface area contributed by atoms with E-state index in [1.54, 1.807) is 12.4 Å². The molecule has 1 amide bonds. The Morgan fingerprint density at radius 3 is 2.73 bits per heavy atom. The van der Waals surface area contributed by atoms with Crippen LogP contribution in [0.25, 0.3) is 0 Å². The molecule has 0 bridgehead atoms. The van der Waals surface area contributed by atoms with Gasteiger partial charge in [0.2, 0.25) is 11.8 Å². The van der Waals surface area contributed by atoms with Crippen LogP contribution in [0.2, 0.25) is 0 Å². The molecule has 2 aromatic rings. The van der Waals surface area contributed by atoms with Crippen molar-refractivity contribution in [2.75, 3.05) is 26.2 Å². The van der Waals surface area contributed by atoms with Gasteiger partial charge >= 0.3 is 0 Å². The van der Waals surface area contributed by atoms with E-state index in [9.17, 15) is 4.79 Å². The molecule has 26 heavy (non-hydrogen) atoms. The highest BCUT2D eigenvalue weighted by atomic mass is 16.5. The number of carbonyl (C=O) groups excluding carboxylic acids is 1. The zero-order chi connectivity index (χ0) is 18.5. The van der Waals surface area contributed by atoms with E-state index in [-0.39, 0.29) is 11.9 Å².